The Kier molecular flexibility index (Phi) is 8.80. The molecule has 2 aromatic rings. The molecule has 1 heterocycles. The molecule has 4 amide bonds. The van der Waals surface area contributed by atoms with E-state index in [1.165, 1.54) is 9.80 Å². The summed E-state index contributed by atoms with van der Waals surface area (Å²) in [5, 5.41) is 3.72. The summed E-state index contributed by atoms with van der Waals surface area (Å²) in [6.45, 7) is 7.77. The number of carbonyl (C=O) groups excluding carboxylic acids is 4. The van der Waals surface area contributed by atoms with Crippen molar-refractivity contribution in [2.75, 3.05) is 6.54 Å². The third-order valence-electron chi connectivity index (χ3n) is 5.87. The van der Waals surface area contributed by atoms with Gasteiger partial charge in [0.15, 0.2) is 0 Å². The molecule has 36 heavy (non-hydrogen) atoms. The standard InChI is InChI=1S/C27H31Cl2N3O4/c1-5-22(24(34)30-27(2,3)4)32(16-17-12-13-20(28)21(29)15-17)23(33)11-8-14-31-25(35)18-9-6-7-10-19(18)26(31)36/h6-7,9-10,12-13,15,22H,5,8,11,14,16H2,1-4H3,(H,30,34)/t22-/m0/s1. The van der Waals surface area contributed by atoms with Crippen LogP contribution in [0.2, 0.25) is 10.0 Å². The summed E-state index contributed by atoms with van der Waals surface area (Å²) in [7, 11) is 0. The fourth-order valence-corrected chi connectivity index (χ4v) is 4.50. The summed E-state index contributed by atoms with van der Waals surface area (Å²) in [6.07, 6.45) is 0.751. The van der Waals surface area contributed by atoms with Gasteiger partial charge in [-0.1, -0.05) is 48.3 Å². The average molecular weight is 532 g/mol. The molecule has 0 spiro atoms. The van der Waals surface area contributed by atoms with Crippen LogP contribution in [0.4, 0.5) is 0 Å². The molecule has 7 nitrogen and oxygen atoms in total. The predicted molar refractivity (Wildman–Crippen MR) is 140 cm³/mol. The highest BCUT2D eigenvalue weighted by Gasteiger charge is 2.35. The summed E-state index contributed by atoms with van der Waals surface area (Å²) in [6, 6.07) is 11.1. The molecule has 2 aromatic carbocycles. The van der Waals surface area contributed by atoms with Crippen LogP contribution >= 0.6 is 23.2 Å². The first-order chi connectivity index (χ1) is 16.9. The van der Waals surface area contributed by atoms with Crippen molar-refractivity contribution < 1.29 is 19.2 Å². The van der Waals surface area contributed by atoms with E-state index in [1.54, 1.807) is 42.5 Å². The van der Waals surface area contributed by atoms with Gasteiger partial charge in [0.2, 0.25) is 11.8 Å². The van der Waals surface area contributed by atoms with Crippen LogP contribution in [0.5, 0.6) is 0 Å². The van der Waals surface area contributed by atoms with Crippen LogP contribution in [0.1, 0.15) is 73.2 Å². The molecule has 1 N–H and O–H groups in total. The Bertz CT molecular complexity index is 1140. The van der Waals surface area contributed by atoms with Crippen molar-refractivity contribution in [1.29, 1.82) is 0 Å². The van der Waals surface area contributed by atoms with Gasteiger partial charge in [0.1, 0.15) is 6.04 Å². The molecule has 0 unspecified atom stereocenters. The predicted octanol–water partition coefficient (Wildman–Crippen LogP) is 5.09. The van der Waals surface area contributed by atoms with Crippen LogP contribution in [0.25, 0.3) is 0 Å². The highest BCUT2D eigenvalue weighted by molar-refractivity contribution is 6.42. The second kappa shape index (κ2) is 11.4. The lowest BCUT2D eigenvalue weighted by atomic mass is 10.0. The van der Waals surface area contributed by atoms with E-state index in [1.807, 2.05) is 27.7 Å². The summed E-state index contributed by atoms with van der Waals surface area (Å²) in [4.78, 5) is 54.5. The molecule has 0 aliphatic carbocycles. The molecule has 1 aliphatic rings. The van der Waals surface area contributed by atoms with Crippen LogP contribution < -0.4 is 5.32 Å². The number of hydrogen-bond donors (Lipinski definition) is 1. The van der Waals surface area contributed by atoms with Gasteiger partial charge in [0.05, 0.1) is 21.2 Å². The summed E-state index contributed by atoms with van der Waals surface area (Å²) >= 11 is 12.2. The lowest BCUT2D eigenvalue weighted by molar-refractivity contribution is -0.142. The number of hydrogen-bond acceptors (Lipinski definition) is 4. The van der Waals surface area contributed by atoms with Crippen molar-refractivity contribution >= 4 is 46.8 Å². The lowest BCUT2D eigenvalue weighted by Crippen LogP contribution is -2.53. The van der Waals surface area contributed by atoms with Gasteiger partial charge < -0.3 is 10.2 Å². The Morgan fingerprint density at radius 2 is 1.61 bits per heavy atom. The molecule has 0 fully saturated rings. The minimum absolute atomic E-state index is 0.0635. The maximum atomic E-state index is 13.4. The number of nitrogens with one attached hydrogen (secondary N) is 1. The molecule has 9 heteroatoms. The molecule has 1 atom stereocenters. The molecule has 0 saturated heterocycles. The highest BCUT2D eigenvalue weighted by Crippen LogP contribution is 2.25. The average Bonchev–Trinajstić information content (AvgIpc) is 3.05. The Morgan fingerprint density at radius 3 is 2.14 bits per heavy atom. The van der Waals surface area contributed by atoms with Gasteiger partial charge in [-0.15, -0.1) is 0 Å². The van der Waals surface area contributed by atoms with E-state index >= 15 is 0 Å². The number of benzene rings is 2. The van der Waals surface area contributed by atoms with E-state index in [0.717, 1.165) is 5.56 Å². The Hall–Kier alpha value is -2.90. The number of rotatable bonds is 9. The SMILES string of the molecule is CC[C@@H](C(=O)NC(C)(C)C)N(Cc1ccc(Cl)c(Cl)c1)C(=O)CCCN1C(=O)c2ccccc2C1=O. The van der Waals surface area contributed by atoms with Crippen LogP contribution in [0.15, 0.2) is 42.5 Å². The third kappa shape index (κ3) is 6.45. The zero-order valence-corrected chi connectivity index (χ0v) is 22.4. The van der Waals surface area contributed by atoms with E-state index in [9.17, 15) is 19.2 Å². The van der Waals surface area contributed by atoms with Gasteiger partial charge in [-0.25, -0.2) is 0 Å². The minimum Gasteiger partial charge on any atom is -0.350 e. The topological polar surface area (TPSA) is 86.8 Å². The molecule has 1 aliphatic heterocycles. The van der Waals surface area contributed by atoms with E-state index in [2.05, 4.69) is 5.32 Å². The fraction of sp³-hybridized carbons (Fsp3) is 0.407. The number of halogens is 2. The normalized spacial score (nSPS) is 14.0. The quantitative estimate of drug-likeness (QED) is 0.456. The maximum Gasteiger partial charge on any atom is 0.261 e. The van der Waals surface area contributed by atoms with Gasteiger partial charge in [0, 0.05) is 25.0 Å². The molecule has 192 valence electrons. The number of nitrogens with zero attached hydrogens (tertiary/aromatic N) is 2. The lowest BCUT2D eigenvalue weighted by Gasteiger charge is -2.33. The van der Waals surface area contributed by atoms with E-state index in [-0.39, 0.29) is 49.6 Å². The van der Waals surface area contributed by atoms with Crippen molar-refractivity contribution in [3.8, 4) is 0 Å². The monoisotopic (exact) mass is 531 g/mol. The number of imide groups is 1. The Labute approximate surface area is 221 Å². The van der Waals surface area contributed by atoms with Crippen molar-refractivity contribution in [3.05, 3.63) is 69.2 Å². The first-order valence-electron chi connectivity index (χ1n) is 11.9. The summed E-state index contributed by atoms with van der Waals surface area (Å²) in [5.41, 5.74) is 1.02. The molecule has 3 rings (SSSR count). The van der Waals surface area contributed by atoms with Gasteiger partial charge >= 0.3 is 0 Å². The minimum atomic E-state index is -0.703. The van der Waals surface area contributed by atoms with E-state index in [0.29, 0.717) is 27.6 Å². The van der Waals surface area contributed by atoms with E-state index < -0.39 is 11.6 Å². The van der Waals surface area contributed by atoms with Gasteiger partial charge in [-0.2, -0.15) is 0 Å². The second-order valence-corrected chi connectivity index (χ2v) is 10.7. The molecule has 0 bridgehead atoms. The number of fused-ring (bicyclic) bond motifs is 1. The summed E-state index contributed by atoms with van der Waals surface area (Å²) < 4.78 is 0. The second-order valence-electron chi connectivity index (χ2n) is 9.84. The van der Waals surface area contributed by atoms with Crippen LogP contribution in [-0.2, 0) is 16.1 Å². The van der Waals surface area contributed by atoms with Crippen LogP contribution in [0.3, 0.4) is 0 Å². The zero-order valence-electron chi connectivity index (χ0n) is 20.9. The smallest absolute Gasteiger partial charge is 0.261 e. The van der Waals surface area contributed by atoms with Crippen molar-refractivity contribution in [2.24, 2.45) is 0 Å². The van der Waals surface area contributed by atoms with Crippen LogP contribution in [0, 0.1) is 0 Å². The fourth-order valence-electron chi connectivity index (χ4n) is 4.18. The first kappa shape index (κ1) is 27.7. The molecule has 0 saturated carbocycles. The Balaban J connectivity index is 1.75. The zero-order chi connectivity index (χ0) is 26.6. The van der Waals surface area contributed by atoms with Crippen molar-refractivity contribution in [1.82, 2.24) is 15.1 Å². The van der Waals surface area contributed by atoms with Gasteiger partial charge in [-0.05, 0) is 63.4 Å². The maximum absolute atomic E-state index is 13.4. The third-order valence-corrected chi connectivity index (χ3v) is 6.61. The van der Waals surface area contributed by atoms with Crippen LogP contribution in [-0.4, -0.2) is 51.6 Å². The molecular weight excluding hydrogens is 501 g/mol. The number of amides is 4. The first-order valence-corrected chi connectivity index (χ1v) is 12.7. The summed E-state index contributed by atoms with van der Waals surface area (Å²) in [5.74, 6) is -1.22. The van der Waals surface area contributed by atoms with Crippen molar-refractivity contribution in [3.63, 3.8) is 0 Å². The van der Waals surface area contributed by atoms with Crippen molar-refractivity contribution in [2.45, 2.75) is 65.1 Å². The molecule has 0 radical (unpaired) electrons. The Morgan fingerprint density at radius 1 is 1.00 bits per heavy atom. The van der Waals surface area contributed by atoms with Gasteiger partial charge in [0.25, 0.3) is 11.8 Å². The van der Waals surface area contributed by atoms with E-state index in [4.69, 9.17) is 23.2 Å². The molecular formula is C27H31Cl2N3O4. The largest absolute Gasteiger partial charge is 0.350 e. The van der Waals surface area contributed by atoms with Gasteiger partial charge in [-0.3, -0.25) is 24.1 Å². The number of carbonyl (C=O) groups is 4. The highest BCUT2D eigenvalue weighted by atomic mass is 35.5. The molecule has 0 aromatic heterocycles.